The van der Waals surface area contributed by atoms with Crippen molar-refractivity contribution >= 4 is 33.2 Å². The van der Waals surface area contributed by atoms with Gasteiger partial charge in [0.25, 0.3) is 0 Å². The summed E-state index contributed by atoms with van der Waals surface area (Å²) in [6.07, 6.45) is 0. The highest BCUT2D eigenvalue weighted by Crippen LogP contribution is 2.48. The molecule has 4 rings (SSSR count). The first-order chi connectivity index (χ1) is 16.7. The lowest BCUT2D eigenvalue weighted by Gasteiger charge is -2.32. The van der Waals surface area contributed by atoms with Gasteiger partial charge in [0.2, 0.25) is 0 Å². The SMILES string of the molecule is CC(C)c1c(C(c2ccccc2)c2ccc(N(C)C)cc2)c(N(C)C)c2ccccc2c1S(=O)O. The number of fused-ring (bicyclic) bond motifs is 1. The van der Waals surface area contributed by atoms with E-state index in [0.29, 0.717) is 4.90 Å². The summed E-state index contributed by atoms with van der Waals surface area (Å²) in [4.78, 5) is 4.76. The maximum atomic E-state index is 12.9. The van der Waals surface area contributed by atoms with Crippen LogP contribution in [0.3, 0.4) is 0 Å². The summed E-state index contributed by atoms with van der Waals surface area (Å²) < 4.78 is 23.5. The van der Waals surface area contributed by atoms with Crippen LogP contribution < -0.4 is 9.80 Å². The van der Waals surface area contributed by atoms with Gasteiger partial charge in [0.1, 0.15) is 0 Å². The number of nitrogens with zero attached hydrogens (tertiary/aromatic N) is 2. The molecule has 4 nitrogen and oxygen atoms in total. The van der Waals surface area contributed by atoms with Gasteiger partial charge in [-0.25, -0.2) is 4.21 Å². The number of anilines is 2. The van der Waals surface area contributed by atoms with Gasteiger partial charge in [-0.05, 0) is 40.3 Å². The van der Waals surface area contributed by atoms with Gasteiger partial charge in [0.15, 0.2) is 11.1 Å². The molecule has 1 N–H and O–H groups in total. The van der Waals surface area contributed by atoms with Crippen molar-refractivity contribution in [1.82, 2.24) is 0 Å². The van der Waals surface area contributed by atoms with Gasteiger partial charge in [-0.1, -0.05) is 80.6 Å². The van der Waals surface area contributed by atoms with Gasteiger partial charge in [-0.15, -0.1) is 0 Å². The number of hydrogen-bond acceptors (Lipinski definition) is 3. The molecule has 0 fully saturated rings. The van der Waals surface area contributed by atoms with Crippen molar-refractivity contribution in [1.29, 1.82) is 0 Å². The van der Waals surface area contributed by atoms with Crippen LogP contribution in [0.4, 0.5) is 11.4 Å². The lowest BCUT2D eigenvalue weighted by Crippen LogP contribution is -2.19. The topological polar surface area (TPSA) is 43.8 Å². The quantitative estimate of drug-likeness (QED) is 0.229. The third-order valence-electron chi connectivity index (χ3n) is 6.58. The number of hydrogen-bond donors (Lipinski definition) is 1. The maximum absolute atomic E-state index is 12.9. The van der Waals surface area contributed by atoms with Crippen LogP contribution in [0.15, 0.2) is 83.8 Å². The lowest BCUT2D eigenvalue weighted by atomic mass is 9.78. The number of benzene rings is 4. The summed E-state index contributed by atoms with van der Waals surface area (Å²) in [5.74, 6) is -0.0548. The highest BCUT2D eigenvalue weighted by molar-refractivity contribution is 7.79. The molecular formula is C30H34N2O2S. The number of rotatable bonds is 7. The van der Waals surface area contributed by atoms with Gasteiger partial charge >= 0.3 is 0 Å². The standard InChI is InChI=1S/C30H34N2O2S/c1-20(2)26-28(29(32(5)6)24-14-10-11-15-25(24)30(26)35(33)34)27(21-12-8-7-9-13-21)22-16-18-23(19-17-22)31(3)4/h7-20,27H,1-6H3,(H,33,34). The van der Waals surface area contributed by atoms with E-state index >= 15 is 0 Å². The smallest absolute Gasteiger partial charge is 0.187 e. The molecule has 0 aliphatic rings. The monoisotopic (exact) mass is 486 g/mol. The molecule has 2 atom stereocenters. The minimum absolute atomic E-state index is 0.0478. The summed E-state index contributed by atoms with van der Waals surface area (Å²) in [7, 11) is 8.19. The first-order valence-electron chi connectivity index (χ1n) is 11.9. The molecule has 0 saturated carbocycles. The fraction of sp³-hybridized carbons (Fsp3) is 0.267. The first kappa shape index (κ1) is 25.0. The van der Waals surface area contributed by atoms with Gasteiger partial charge in [-0.3, -0.25) is 0 Å². The largest absolute Gasteiger partial charge is 0.378 e. The highest BCUT2D eigenvalue weighted by atomic mass is 32.2. The van der Waals surface area contributed by atoms with Crippen molar-refractivity contribution in [2.75, 3.05) is 38.0 Å². The third kappa shape index (κ3) is 4.71. The fourth-order valence-electron chi connectivity index (χ4n) is 5.10. The van der Waals surface area contributed by atoms with Gasteiger partial charge in [0.05, 0.1) is 4.90 Å². The molecule has 35 heavy (non-hydrogen) atoms. The molecule has 0 aliphatic heterocycles. The molecule has 2 unspecified atom stereocenters. The zero-order chi connectivity index (χ0) is 25.3. The average Bonchev–Trinajstić information content (AvgIpc) is 2.83. The van der Waals surface area contributed by atoms with Crippen LogP contribution in [0.2, 0.25) is 0 Å². The lowest BCUT2D eigenvalue weighted by molar-refractivity contribution is 0.563. The molecule has 0 radical (unpaired) electrons. The zero-order valence-electron chi connectivity index (χ0n) is 21.3. The Labute approximate surface area is 211 Å². The highest BCUT2D eigenvalue weighted by Gasteiger charge is 2.31. The Morgan fingerprint density at radius 3 is 1.74 bits per heavy atom. The molecule has 0 bridgehead atoms. The van der Waals surface area contributed by atoms with Crippen molar-refractivity contribution in [3.63, 3.8) is 0 Å². The molecule has 4 aromatic carbocycles. The van der Waals surface area contributed by atoms with E-state index in [1.807, 2.05) is 38.4 Å². The molecule has 5 heteroatoms. The summed E-state index contributed by atoms with van der Waals surface area (Å²) in [6.45, 7) is 4.22. The van der Waals surface area contributed by atoms with Gasteiger partial charge in [0, 0.05) is 56.3 Å². The van der Waals surface area contributed by atoms with E-state index < -0.39 is 11.1 Å². The Morgan fingerprint density at radius 1 is 0.686 bits per heavy atom. The van der Waals surface area contributed by atoms with Crippen LogP contribution in [0.25, 0.3) is 10.8 Å². The summed E-state index contributed by atoms with van der Waals surface area (Å²) >= 11 is -2.13. The van der Waals surface area contributed by atoms with E-state index in [-0.39, 0.29) is 11.8 Å². The van der Waals surface area contributed by atoms with Crippen molar-refractivity contribution in [2.24, 2.45) is 0 Å². The summed E-state index contributed by atoms with van der Waals surface area (Å²) in [6, 6.07) is 27.1. The van der Waals surface area contributed by atoms with E-state index in [1.54, 1.807) is 0 Å². The normalized spacial score (nSPS) is 13.1. The van der Waals surface area contributed by atoms with Crippen LogP contribution in [0, 0.1) is 0 Å². The van der Waals surface area contributed by atoms with E-state index in [0.717, 1.165) is 44.4 Å². The van der Waals surface area contributed by atoms with Gasteiger partial charge < -0.3 is 14.4 Å². The van der Waals surface area contributed by atoms with E-state index in [9.17, 15) is 8.76 Å². The van der Waals surface area contributed by atoms with Crippen LogP contribution in [0.1, 0.15) is 47.9 Å². The fourth-order valence-corrected chi connectivity index (χ4v) is 6.00. The third-order valence-corrected chi connectivity index (χ3v) is 7.37. The predicted molar refractivity (Wildman–Crippen MR) is 150 cm³/mol. The second-order valence-corrected chi connectivity index (χ2v) is 10.6. The minimum Gasteiger partial charge on any atom is -0.378 e. The molecule has 0 saturated heterocycles. The molecule has 0 aliphatic carbocycles. The molecule has 182 valence electrons. The van der Waals surface area contributed by atoms with E-state index in [2.05, 4.69) is 92.3 Å². The maximum Gasteiger partial charge on any atom is 0.187 e. The predicted octanol–water partition coefficient (Wildman–Crippen LogP) is 6.86. The Morgan fingerprint density at radius 2 is 1.23 bits per heavy atom. The zero-order valence-corrected chi connectivity index (χ0v) is 22.1. The van der Waals surface area contributed by atoms with E-state index in [1.165, 1.54) is 0 Å². The Kier molecular flexibility index (Phi) is 7.29. The summed E-state index contributed by atoms with van der Waals surface area (Å²) in [5.41, 5.74) is 6.55. The van der Waals surface area contributed by atoms with Crippen LogP contribution in [-0.4, -0.2) is 37.0 Å². The minimum atomic E-state index is -2.13. The van der Waals surface area contributed by atoms with Gasteiger partial charge in [-0.2, -0.15) is 0 Å². The van der Waals surface area contributed by atoms with Crippen molar-refractivity contribution < 1.29 is 8.76 Å². The Hall–Kier alpha value is -3.15. The second kappa shape index (κ2) is 10.2. The molecule has 4 aromatic rings. The average molecular weight is 487 g/mol. The first-order valence-corrected chi connectivity index (χ1v) is 13.0. The second-order valence-electron chi connectivity index (χ2n) is 9.68. The Bertz CT molecular complexity index is 1350. The molecular weight excluding hydrogens is 452 g/mol. The van der Waals surface area contributed by atoms with Crippen LogP contribution in [-0.2, 0) is 11.1 Å². The van der Waals surface area contributed by atoms with Crippen LogP contribution >= 0.6 is 0 Å². The van der Waals surface area contributed by atoms with Crippen molar-refractivity contribution in [3.8, 4) is 0 Å². The molecule has 0 heterocycles. The molecule has 0 spiro atoms. The Balaban J connectivity index is 2.19. The van der Waals surface area contributed by atoms with E-state index in [4.69, 9.17) is 0 Å². The van der Waals surface area contributed by atoms with Crippen LogP contribution in [0.5, 0.6) is 0 Å². The molecule has 0 aromatic heterocycles. The van der Waals surface area contributed by atoms with Crippen molar-refractivity contribution in [2.45, 2.75) is 30.6 Å². The summed E-state index contributed by atoms with van der Waals surface area (Å²) in [5, 5.41) is 1.82. The van der Waals surface area contributed by atoms with Crippen molar-refractivity contribution in [3.05, 3.63) is 101 Å². The molecule has 0 amide bonds.